The van der Waals surface area contributed by atoms with E-state index >= 15 is 0 Å². The molecule has 1 fully saturated rings. The summed E-state index contributed by atoms with van der Waals surface area (Å²) in [5, 5.41) is 57.0. The van der Waals surface area contributed by atoms with Crippen molar-refractivity contribution in [3.05, 3.63) is 97.2 Å². The van der Waals surface area contributed by atoms with E-state index in [-0.39, 0.29) is 19.4 Å². The summed E-state index contributed by atoms with van der Waals surface area (Å²) in [6, 6.07) is -1.04. The van der Waals surface area contributed by atoms with E-state index in [1.54, 1.807) is 6.08 Å². The normalized spacial score (nSPS) is 19.4. The number of nitrogens with one attached hydrogen (secondary N) is 1. The maximum Gasteiger partial charge on any atom is 0.306 e. The van der Waals surface area contributed by atoms with Crippen LogP contribution in [0.25, 0.3) is 0 Å². The van der Waals surface area contributed by atoms with Crippen LogP contribution in [0.2, 0.25) is 0 Å². The van der Waals surface area contributed by atoms with Crippen molar-refractivity contribution in [1.82, 2.24) is 5.32 Å². The van der Waals surface area contributed by atoms with Gasteiger partial charge in [0.1, 0.15) is 24.4 Å². The molecule has 1 aliphatic heterocycles. The van der Waals surface area contributed by atoms with Crippen LogP contribution in [-0.2, 0) is 23.8 Å². The Morgan fingerprint density at radius 3 is 1.36 bits per heavy atom. The lowest BCUT2D eigenvalue weighted by molar-refractivity contribution is -0.305. The van der Waals surface area contributed by atoms with Gasteiger partial charge in [-0.15, -0.1) is 0 Å². The predicted molar refractivity (Wildman–Crippen MR) is 333 cm³/mol. The van der Waals surface area contributed by atoms with Crippen LogP contribution >= 0.6 is 0 Å². The molecule has 0 radical (unpaired) electrons. The number of carbonyl (C=O) groups excluding carboxylic acids is 2. The fraction of sp³-hybridized carbons (Fsp3) is 0.739. The molecule has 1 rings (SSSR count). The van der Waals surface area contributed by atoms with Gasteiger partial charge in [0, 0.05) is 6.42 Å². The van der Waals surface area contributed by atoms with Gasteiger partial charge in [0.2, 0.25) is 5.91 Å². The third-order valence-corrected chi connectivity index (χ3v) is 14.7. The van der Waals surface area contributed by atoms with Crippen molar-refractivity contribution < 1.29 is 49.3 Å². The van der Waals surface area contributed by atoms with Crippen LogP contribution in [0.15, 0.2) is 97.2 Å². The molecule has 0 aliphatic carbocycles. The molecular formula is C69H119NO10. The van der Waals surface area contributed by atoms with Gasteiger partial charge in [0.15, 0.2) is 12.4 Å². The summed E-state index contributed by atoms with van der Waals surface area (Å²) in [7, 11) is 0. The van der Waals surface area contributed by atoms with Crippen molar-refractivity contribution in [2.24, 2.45) is 0 Å². The summed E-state index contributed by atoms with van der Waals surface area (Å²) >= 11 is 0. The minimum Gasteiger partial charge on any atom is -0.454 e. The van der Waals surface area contributed by atoms with Gasteiger partial charge in [0.05, 0.1) is 25.4 Å². The third kappa shape index (κ3) is 43.3. The highest BCUT2D eigenvalue weighted by Gasteiger charge is 2.47. The Morgan fingerprint density at radius 1 is 0.500 bits per heavy atom. The summed E-state index contributed by atoms with van der Waals surface area (Å²) in [6.07, 6.45) is 64.5. The van der Waals surface area contributed by atoms with Gasteiger partial charge in [-0.3, -0.25) is 9.59 Å². The molecule has 8 atom stereocenters. The van der Waals surface area contributed by atoms with Crippen molar-refractivity contribution in [2.75, 3.05) is 13.2 Å². The number of aliphatic hydroxyl groups is 5. The number of carbonyl (C=O) groups is 2. The van der Waals surface area contributed by atoms with E-state index in [4.69, 9.17) is 14.2 Å². The lowest BCUT2D eigenvalue weighted by atomic mass is 9.99. The molecule has 11 heteroatoms. The van der Waals surface area contributed by atoms with Crippen LogP contribution in [0.4, 0.5) is 0 Å². The van der Waals surface area contributed by atoms with E-state index in [0.29, 0.717) is 12.8 Å². The Labute approximate surface area is 488 Å². The first-order chi connectivity index (χ1) is 39.2. The van der Waals surface area contributed by atoms with E-state index in [1.807, 2.05) is 6.08 Å². The highest BCUT2D eigenvalue weighted by molar-refractivity contribution is 5.80. The van der Waals surface area contributed by atoms with E-state index in [2.05, 4.69) is 111 Å². The van der Waals surface area contributed by atoms with Crippen molar-refractivity contribution in [2.45, 2.75) is 314 Å². The molecule has 11 nitrogen and oxygen atoms in total. The molecule has 1 heterocycles. The molecule has 460 valence electrons. The molecule has 1 saturated heterocycles. The maximum atomic E-state index is 13.4. The minimum absolute atomic E-state index is 0.0992. The number of aliphatic hydroxyl groups excluding tert-OH is 5. The summed E-state index contributed by atoms with van der Waals surface area (Å²) in [4.78, 5) is 26.5. The fourth-order valence-electron chi connectivity index (χ4n) is 9.59. The lowest BCUT2D eigenvalue weighted by Crippen LogP contribution is -2.61. The molecule has 0 bridgehead atoms. The van der Waals surface area contributed by atoms with Crippen LogP contribution in [-0.4, -0.2) is 99.6 Å². The second-order valence-electron chi connectivity index (χ2n) is 22.1. The second kappa shape index (κ2) is 56.1. The van der Waals surface area contributed by atoms with Crippen molar-refractivity contribution in [1.29, 1.82) is 0 Å². The van der Waals surface area contributed by atoms with Crippen molar-refractivity contribution in [3.8, 4) is 0 Å². The van der Waals surface area contributed by atoms with Gasteiger partial charge < -0.3 is 45.1 Å². The number of amides is 1. The molecule has 0 aromatic heterocycles. The Morgan fingerprint density at radius 2 is 0.900 bits per heavy atom. The quantitative estimate of drug-likeness (QED) is 0.0195. The highest BCUT2D eigenvalue weighted by atomic mass is 16.7. The van der Waals surface area contributed by atoms with E-state index in [1.165, 1.54) is 89.9 Å². The molecule has 8 unspecified atom stereocenters. The summed E-state index contributed by atoms with van der Waals surface area (Å²) in [5.41, 5.74) is 0. The average molecular weight is 1120 g/mol. The van der Waals surface area contributed by atoms with Crippen LogP contribution < -0.4 is 5.32 Å². The monoisotopic (exact) mass is 1120 g/mol. The maximum absolute atomic E-state index is 13.4. The van der Waals surface area contributed by atoms with Gasteiger partial charge >= 0.3 is 5.97 Å². The third-order valence-electron chi connectivity index (χ3n) is 14.7. The number of allylic oxidation sites excluding steroid dienone is 15. The second-order valence-corrected chi connectivity index (χ2v) is 22.1. The zero-order valence-electron chi connectivity index (χ0n) is 50.9. The standard InChI is InChI=1S/C69H119NO10/c1-4-7-10-13-16-19-22-24-26-27-28-29-30-31-32-33-34-35-36-37-38-41-44-47-50-53-56-62(73)68(77)70-60(61(72)55-52-49-46-43-40-21-18-15-12-9-6-3)59-78-69-67(66(76)65(75)63(58-71)79-69)80-64(74)57-54-51-48-45-42-39-25-23-20-17-14-11-8-5-2/h7,10,16,19,24,26,28-29,31-32,34-35,39,42,52,55,60-63,65-67,69,71-73,75-76H,4-6,8-9,11-15,17-18,20-23,25,27,30,33,36-38,40-41,43-51,53-54,56-59H2,1-3H3,(H,70,77)/b10-7-,19-16-,26-24-,29-28-,32-31-,35-34-,42-39-,55-52+. The number of rotatable bonds is 54. The van der Waals surface area contributed by atoms with Gasteiger partial charge in [0.25, 0.3) is 0 Å². The molecule has 80 heavy (non-hydrogen) atoms. The Hall–Kier alpha value is -3.42. The zero-order chi connectivity index (χ0) is 58.2. The number of hydrogen-bond acceptors (Lipinski definition) is 10. The van der Waals surface area contributed by atoms with Gasteiger partial charge in [-0.1, -0.05) is 253 Å². The van der Waals surface area contributed by atoms with Crippen LogP contribution in [0.5, 0.6) is 0 Å². The van der Waals surface area contributed by atoms with E-state index in [9.17, 15) is 35.1 Å². The summed E-state index contributed by atoms with van der Waals surface area (Å²) in [5.74, 6) is -1.22. The number of ether oxygens (including phenoxy) is 3. The first-order valence-electron chi connectivity index (χ1n) is 32.5. The van der Waals surface area contributed by atoms with Crippen molar-refractivity contribution in [3.63, 3.8) is 0 Å². The minimum atomic E-state index is -1.62. The molecule has 1 aliphatic rings. The molecular weight excluding hydrogens is 1000 g/mol. The number of unbranched alkanes of at least 4 members (excludes halogenated alkanes) is 26. The van der Waals surface area contributed by atoms with E-state index in [0.717, 1.165) is 128 Å². The number of hydrogen-bond donors (Lipinski definition) is 6. The molecule has 0 aromatic carbocycles. The highest BCUT2D eigenvalue weighted by Crippen LogP contribution is 2.26. The Balaban J connectivity index is 2.62. The Bertz CT molecular complexity index is 1670. The topological polar surface area (TPSA) is 175 Å². The molecule has 0 aromatic rings. The smallest absolute Gasteiger partial charge is 0.306 e. The zero-order valence-corrected chi connectivity index (χ0v) is 50.9. The lowest BCUT2D eigenvalue weighted by Gasteiger charge is -2.41. The van der Waals surface area contributed by atoms with Gasteiger partial charge in [-0.25, -0.2) is 0 Å². The van der Waals surface area contributed by atoms with E-state index < -0.39 is 67.4 Å². The molecule has 0 spiro atoms. The van der Waals surface area contributed by atoms with Gasteiger partial charge in [-0.2, -0.15) is 0 Å². The fourth-order valence-corrected chi connectivity index (χ4v) is 9.59. The molecule has 1 amide bonds. The van der Waals surface area contributed by atoms with Crippen LogP contribution in [0.1, 0.15) is 265 Å². The first kappa shape index (κ1) is 74.6. The largest absolute Gasteiger partial charge is 0.454 e. The van der Waals surface area contributed by atoms with Crippen LogP contribution in [0.3, 0.4) is 0 Å². The SMILES string of the molecule is CC/C=C\C/C=C\C/C=C\C/C=C\C/C=C\C/C=C\CCCCCCCCCC(O)C(=O)NC(COC1OC(CO)C(O)C(O)C1OC(=O)CCCCC/C=C\CCCCCCCCC)C(O)/C=C/CCCCCCCCCCC. The van der Waals surface area contributed by atoms with Crippen LogP contribution in [0, 0.1) is 0 Å². The Kier molecular flexibility index (Phi) is 52.3. The molecule has 6 N–H and O–H groups in total. The predicted octanol–water partition coefficient (Wildman–Crippen LogP) is 15.9. The van der Waals surface area contributed by atoms with Crippen molar-refractivity contribution >= 4 is 11.9 Å². The first-order valence-corrected chi connectivity index (χ1v) is 32.5. The summed E-state index contributed by atoms with van der Waals surface area (Å²) < 4.78 is 17.6. The average Bonchev–Trinajstić information content (AvgIpc) is 3.46. The molecule has 0 saturated carbocycles. The summed E-state index contributed by atoms with van der Waals surface area (Å²) in [6.45, 7) is 5.65. The number of esters is 1. The van der Waals surface area contributed by atoms with Gasteiger partial charge in [-0.05, 0) is 103 Å².